The lowest BCUT2D eigenvalue weighted by atomic mass is 10.0. The van der Waals surface area contributed by atoms with Crippen molar-refractivity contribution in [3.8, 4) is 0 Å². The van der Waals surface area contributed by atoms with Crippen LogP contribution in [0, 0.1) is 0 Å². The highest BCUT2D eigenvalue weighted by Crippen LogP contribution is 2.19. The van der Waals surface area contributed by atoms with E-state index >= 15 is 0 Å². The van der Waals surface area contributed by atoms with Crippen molar-refractivity contribution in [1.29, 1.82) is 0 Å². The number of nitrogens with two attached hydrogens (primary N) is 1. The zero-order chi connectivity index (χ0) is 17.4. The molecule has 0 saturated heterocycles. The smallest absolute Gasteiger partial charge is 0.224 e. The summed E-state index contributed by atoms with van der Waals surface area (Å²) in [6.45, 7) is 6.80. The second-order valence-electron chi connectivity index (χ2n) is 5.87. The Bertz CT molecular complexity index is 621. The molecular weight excluding hydrogens is 298 g/mol. The number of nitrogens with one attached hydrogen (secondary N) is 1. The number of amides is 1. The summed E-state index contributed by atoms with van der Waals surface area (Å²) >= 11 is 0. The van der Waals surface area contributed by atoms with E-state index in [0.717, 1.165) is 18.7 Å². The third kappa shape index (κ3) is 5.10. The molecule has 0 heterocycles. The first-order valence-electron chi connectivity index (χ1n) is 8.54. The highest BCUT2D eigenvalue weighted by Gasteiger charge is 2.18. The summed E-state index contributed by atoms with van der Waals surface area (Å²) in [5.41, 5.74) is 8.59. The quantitative estimate of drug-likeness (QED) is 0.734. The topological polar surface area (TPSA) is 58.4 Å². The fraction of sp³-hybridized carbons (Fsp3) is 0.350. The molecule has 1 amide bonds. The van der Waals surface area contributed by atoms with Crippen LogP contribution in [0.1, 0.15) is 31.0 Å². The Hall–Kier alpha value is -2.33. The molecule has 4 nitrogen and oxygen atoms in total. The number of hydrogen-bond acceptors (Lipinski definition) is 3. The molecule has 0 saturated carbocycles. The van der Waals surface area contributed by atoms with Crippen LogP contribution in [0.4, 0.5) is 5.69 Å². The van der Waals surface area contributed by atoms with Crippen LogP contribution < -0.4 is 11.1 Å². The van der Waals surface area contributed by atoms with Gasteiger partial charge >= 0.3 is 0 Å². The number of likely N-dealkylation sites (N-methyl/N-ethyl adjacent to an activating group) is 1. The van der Waals surface area contributed by atoms with Crippen molar-refractivity contribution in [2.45, 2.75) is 26.3 Å². The molecule has 2 aromatic rings. The zero-order valence-electron chi connectivity index (χ0n) is 14.5. The van der Waals surface area contributed by atoms with Crippen molar-refractivity contribution in [1.82, 2.24) is 10.2 Å². The Morgan fingerprint density at radius 2 is 1.67 bits per heavy atom. The molecule has 0 aliphatic rings. The molecule has 2 aromatic carbocycles. The Morgan fingerprint density at radius 3 is 2.25 bits per heavy atom. The monoisotopic (exact) mass is 325 g/mol. The number of nitrogens with zero attached hydrogens (tertiary/aromatic N) is 1. The summed E-state index contributed by atoms with van der Waals surface area (Å²) < 4.78 is 0. The van der Waals surface area contributed by atoms with E-state index < -0.39 is 0 Å². The van der Waals surface area contributed by atoms with Crippen molar-refractivity contribution in [2.75, 3.05) is 25.4 Å². The van der Waals surface area contributed by atoms with Gasteiger partial charge in [-0.3, -0.25) is 9.69 Å². The standard InChI is InChI=1S/C20H27N3O/c1-3-23(4-2)19(17-8-6-5-7-9-17)15-22-20(24)14-16-10-12-18(21)13-11-16/h5-13,19H,3-4,14-15,21H2,1-2H3,(H,22,24). The molecule has 4 heteroatoms. The maximum Gasteiger partial charge on any atom is 0.224 e. The first-order chi connectivity index (χ1) is 11.6. The van der Waals surface area contributed by atoms with Gasteiger partial charge in [-0.15, -0.1) is 0 Å². The Balaban J connectivity index is 1.99. The SMILES string of the molecule is CCN(CC)C(CNC(=O)Cc1ccc(N)cc1)c1ccccc1. The van der Waals surface area contributed by atoms with Gasteiger partial charge in [0.2, 0.25) is 5.91 Å². The van der Waals surface area contributed by atoms with E-state index in [0.29, 0.717) is 18.7 Å². The van der Waals surface area contributed by atoms with E-state index in [1.54, 1.807) is 0 Å². The maximum atomic E-state index is 12.3. The molecule has 0 bridgehead atoms. The number of hydrogen-bond donors (Lipinski definition) is 2. The average Bonchev–Trinajstić information content (AvgIpc) is 2.61. The van der Waals surface area contributed by atoms with Gasteiger partial charge in [-0.2, -0.15) is 0 Å². The molecule has 0 radical (unpaired) electrons. The molecule has 3 N–H and O–H groups in total. The number of benzene rings is 2. The average molecular weight is 325 g/mol. The van der Waals surface area contributed by atoms with Crippen LogP contribution in [0.15, 0.2) is 54.6 Å². The molecule has 24 heavy (non-hydrogen) atoms. The molecule has 0 spiro atoms. The Labute approximate surface area is 144 Å². The van der Waals surface area contributed by atoms with Gasteiger partial charge in [0.15, 0.2) is 0 Å². The third-order valence-electron chi connectivity index (χ3n) is 4.27. The van der Waals surface area contributed by atoms with E-state index in [-0.39, 0.29) is 11.9 Å². The van der Waals surface area contributed by atoms with Gasteiger partial charge in [0.25, 0.3) is 0 Å². The molecule has 0 fully saturated rings. The minimum absolute atomic E-state index is 0.0351. The lowest BCUT2D eigenvalue weighted by Gasteiger charge is -2.30. The van der Waals surface area contributed by atoms with Crippen molar-refractivity contribution < 1.29 is 4.79 Å². The van der Waals surface area contributed by atoms with Gasteiger partial charge in [0.1, 0.15) is 0 Å². The number of anilines is 1. The minimum Gasteiger partial charge on any atom is -0.399 e. The molecule has 0 aliphatic heterocycles. The van der Waals surface area contributed by atoms with Crippen LogP contribution in [-0.4, -0.2) is 30.4 Å². The third-order valence-corrected chi connectivity index (χ3v) is 4.27. The van der Waals surface area contributed by atoms with Crippen LogP contribution in [-0.2, 0) is 11.2 Å². The second kappa shape index (κ2) is 9.08. The van der Waals surface area contributed by atoms with Crippen molar-refractivity contribution in [3.05, 3.63) is 65.7 Å². The largest absolute Gasteiger partial charge is 0.399 e. The lowest BCUT2D eigenvalue weighted by Crippen LogP contribution is -2.38. The van der Waals surface area contributed by atoms with Crippen LogP contribution in [0.2, 0.25) is 0 Å². The van der Waals surface area contributed by atoms with Crippen molar-refractivity contribution >= 4 is 11.6 Å². The molecule has 128 valence electrons. The lowest BCUT2D eigenvalue weighted by molar-refractivity contribution is -0.120. The number of carbonyl (C=O) groups is 1. The highest BCUT2D eigenvalue weighted by molar-refractivity contribution is 5.78. The van der Waals surface area contributed by atoms with Gasteiger partial charge in [0.05, 0.1) is 12.5 Å². The fourth-order valence-corrected chi connectivity index (χ4v) is 2.89. The molecule has 2 rings (SSSR count). The van der Waals surface area contributed by atoms with Crippen LogP contribution in [0.25, 0.3) is 0 Å². The normalized spacial score (nSPS) is 12.1. The molecule has 0 aliphatic carbocycles. The van der Waals surface area contributed by atoms with Crippen molar-refractivity contribution in [3.63, 3.8) is 0 Å². The fourth-order valence-electron chi connectivity index (χ4n) is 2.89. The number of nitrogen functional groups attached to an aromatic ring is 1. The summed E-state index contributed by atoms with van der Waals surface area (Å²) in [4.78, 5) is 14.6. The van der Waals surface area contributed by atoms with Crippen LogP contribution >= 0.6 is 0 Å². The van der Waals surface area contributed by atoms with E-state index in [1.807, 2.05) is 42.5 Å². The summed E-state index contributed by atoms with van der Waals surface area (Å²) in [5, 5.41) is 3.08. The van der Waals surface area contributed by atoms with Crippen LogP contribution in [0.5, 0.6) is 0 Å². The van der Waals surface area contributed by atoms with Gasteiger partial charge in [-0.05, 0) is 36.3 Å². The minimum atomic E-state index is 0.0351. The highest BCUT2D eigenvalue weighted by atomic mass is 16.1. The number of carbonyl (C=O) groups excluding carboxylic acids is 1. The molecule has 1 atom stereocenters. The first kappa shape index (κ1) is 18.0. The summed E-state index contributed by atoms with van der Waals surface area (Å²) in [5.74, 6) is 0.0351. The Kier molecular flexibility index (Phi) is 6.82. The number of rotatable bonds is 8. The van der Waals surface area contributed by atoms with E-state index in [1.165, 1.54) is 5.56 Å². The molecule has 0 aromatic heterocycles. The Morgan fingerprint density at radius 1 is 1.04 bits per heavy atom. The molecular formula is C20H27N3O. The van der Waals surface area contributed by atoms with E-state index in [2.05, 4.69) is 36.2 Å². The van der Waals surface area contributed by atoms with Gasteiger partial charge in [0, 0.05) is 12.2 Å². The van der Waals surface area contributed by atoms with Gasteiger partial charge in [-0.1, -0.05) is 56.3 Å². The van der Waals surface area contributed by atoms with E-state index in [4.69, 9.17) is 5.73 Å². The van der Waals surface area contributed by atoms with Crippen molar-refractivity contribution in [2.24, 2.45) is 0 Å². The maximum absolute atomic E-state index is 12.3. The summed E-state index contributed by atoms with van der Waals surface area (Å²) in [6, 6.07) is 18.0. The summed E-state index contributed by atoms with van der Waals surface area (Å²) in [7, 11) is 0. The molecule has 1 unspecified atom stereocenters. The van der Waals surface area contributed by atoms with Crippen LogP contribution in [0.3, 0.4) is 0 Å². The zero-order valence-corrected chi connectivity index (χ0v) is 14.5. The predicted octanol–water partition coefficient (Wildman–Crippen LogP) is 3.01. The predicted molar refractivity (Wildman–Crippen MR) is 99.7 cm³/mol. The van der Waals surface area contributed by atoms with Gasteiger partial charge < -0.3 is 11.1 Å². The first-order valence-corrected chi connectivity index (χ1v) is 8.54. The second-order valence-corrected chi connectivity index (χ2v) is 5.87. The summed E-state index contributed by atoms with van der Waals surface area (Å²) in [6.07, 6.45) is 0.375. The van der Waals surface area contributed by atoms with Gasteiger partial charge in [-0.25, -0.2) is 0 Å². The van der Waals surface area contributed by atoms with E-state index in [9.17, 15) is 4.79 Å².